The minimum Gasteiger partial charge on any atom is -0.338 e. The number of nitrogens with one attached hydrogen (secondary N) is 1. The average Bonchev–Trinajstić information content (AvgIpc) is 2.39. The van der Waals surface area contributed by atoms with Crippen molar-refractivity contribution in [2.24, 2.45) is 5.92 Å². The molecule has 1 N–H and O–H groups in total. The van der Waals surface area contributed by atoms with Gasteiger partial charge in [-0.05, 0) is 79.2 Å². The summed E-state index contributed by atoms with van der Waals surface area (Å²) in [7, 11) is 1.97. The van der Waals surface area contributed by atoms with E-state index in [1.807, 2.05) is 36.2 Å². The minimum atomic E-state index is 0.173. The molecule has 1 heterocycles. The molecule has 0 saturated carbocycles. The molecule has 1 fully saturated rings. The summed E-state index contributed by atoms with van der Waals surface area (Å²) < 4.78 is 1.16. The van der Waals surface area contributed by atoms with Crippen LogP contribution in [-0.4, -0.2) is 37.5 Å². The normalized spacial score (nSPS) is 19.9. The average molecular weight is 358 g/mol. The lowest BCUT2D eigenvalue weighted by molar-refractivity contribution is 0.0674. The van der Waals surface area contributed by atoms with Crippen molar-refractivity contribution in [3.8, 4) is 0 Å². The number of nitrogens with zero attached hydrogens (tertiary/aromatic N) is 1. The molecule has 3 nitrogen and oxygen atoms in total. The SMILES string of the molecule is CNCC1CCCN(C(=O)c2ccc(I)cc2)C1. The molecular weight excluding hydrogens is 339 g/mol. The first kappa shape index (κ1) is 13.8. The van der Waals surface area contributed by atoms with E-state index in [4.69, 9.17) is 0 Å². The number of hydrogen-bond donors (Lipinski definition) is 1. The van der Waals surface area contributed by atoms with Gasteiger partial charge in [0.05, 0.1) is 0 Å². The topological polar surface area (TPSA) is 32.3 Å². The summed E-state index contributed by atoms with van der Waals surface area (Å²) in [5.41, 5.74) is 0.806. The predicted molar refractivity (Wildman–Crippen MR) is 81.7 cm³/mol. The van der Waals surface area contributed by atoms with Crippen LogP contribution in [-0.2, 0) is 0 Å². The molecule has 1 aromatic carbocycles. The molecule has 1 aromatic rings. The molecule has 98 valence electrons. The van der Waals surface area contributed by atoms with E-state index < -0.39 is 0 Å². The van der Waals surface area contributed by atoms with Crippen LogP contribution in [0.5, 0.6) is 0 Å². The molecule has 0 spiro atoms. The molecule has 1 unspecified atom stereocenters. The Morgan fingerprint density at radius 3 is 2.83 bits per heavy atom. The summed E-state index contributed by atoms with van der Waals surface area (Å²) in [4.78, 5) is 14.4. The fourth-order valence-corrected chi connectivity index (χ4v) is 2.84. The Kier molecular flexibility index (Phi) is 5.00. The summed E-state index contributed by atoms with van der Waals surface area (Å²) in [5.74, 6) is 0.767. The number of piperidine rings is 1. The zero-order valence-corrected chi connectivity index (χ0v) is 12.8. The van der Waals surface area contributed by atoms with Crippen LogP contribution in [0.3, 0.4) is 0 Å². The molecule has 4 heteroatoms. The van der Waals surface area contributed by atoms with Crippen molar-refractivity contribution in [3.63, 3.8) is 0 Å². The van der Waals surface area contributed by atoms with Crippen molar-refractivity contribution in [2.75, 3.05) is 26.7 Å². The zero-order valence-electron chi connectivity index (χ0n) is 10.7. The molecule has 1 saturated heterocycles. The number of hydrogen-bond acceptors (Lipinski definition) is 2. The smallest absolute Gasteiger partial charge is 0.253 e. The Hall–Kier alpha value is -0.620. The van der Waals surface area contributed by atoms with Crippen LogP contribution in [0.25, 0.3) is 0 Å². The number of carbonyl (C=O) groups is 1. The maximum absolute atomic E-state index is 12.4. The highest BCUT2D eigenvalue weighted by atomic mass is 127. The predicted octanol–water partition coefficient (Wildman–Crippen LogP) is 2.36. The largest absolute Gasteiger partial charge is 0.338 e. The van der Waals surface area contributed by atoms with Crippen LogP contribution in [0.4, 0.5) is 0 Å². The van der Waals surface area contributed by atoms with Crippen molar-refractivity contribution >= 4 is 28.5 Å². The second kappa shape index (κ2) is 6.52. The number of amides is 1. The zero-order chi connectivity index (χ0) is 13.0. The standard InChI is InChI=1S/C14H19IN2O/c1-16-9-11-3-2-8-17(10-11)14(18)12-4-6-13(15)7-5-12/h4-7,11,16H,2-3,8-10H2,1H3. The fraction of sp³-hybridized carbons (Fsp3) is 0.500. The van der Waals surface area contributed by atoms with Gasteiger partial charge in [-0.15, -0.1) is 0 Å². The first-order valence-corrected chi connectivity index (χ1v) is 7.48. The third-order valence-electron chi connectivity index (χ3n) is 3.39. The number of rotatable bonds is 3. The Morgan fingerprint density at radius 2 is 2.17 bits per heavy atom. The van der Waals surface area contributed by atoms with E-state index >= 15 is 0 Å². The van der Waals surface area contributed by atoms with E-state index in [9.17, 15) is 4.79 Å². The van der Waals surface area contributed by atoms with Crippen molar-refractivity contribution in [3.05, 3.63) is 33.4 Å². The third kappa shape index (κ3) is 3.45. The van der Waals surface area contributed by atoms with Gasteiger partial charge in [0, 0.05) is 22.2 Å². The van der Waals surface area contributed by atoms with Crippen LogP contribution in [0.15, 0.2) is 24.3 Å². The molecule has 1 aliphatic heterocycles. The maximum atomic E-state index is 12.4. The summed E-state index contributed by atoms with van der Waals surface area (Å²) in [6.07, 6.45) is 2.33. The van der Waals surface area contributed by atoms with Gasteiger partial charge in [-0.1, -0.05) is 0 Å². The van der Waals surface area contributed by atoms with Crippen LogP contribution in [0.1, 0.15) is 23.2 Å². The van der Waals surface area contributed by atoms with E-state index in [0.29, 0.717) is 5.92 Å². The van der Waals surface area contributed by atoms with Gasteiger partial charge >= 0.3 is 0 Å². The van der Waals surface area contributed by atoms with Gasteiger partial charge < -0.3 is 10.2 Å². The highest BCUT2D eigenvalue weighted by molar-refractivity contribution is 14.1. The van der Waals surface area contributed by atoms with Crippen LogP contribution in [0, 0.1) is 9.49 Å². The molecule has 0 aliphatic carbocycles. The van der Waals surface area contributed by atoms with E-state index in [2.05, 4.69) is 27.9 Å². The maximum Gasteiger partial charge on any atom is 0.253 e. The second-order valence-electron chi connectivity index (χ2n) is 4.82. The number of likely N-dealkylation sites (tertiary alicyclic amines) is 1. The molecule has 1 amide bonds. The Labute approximate surface area is 122 Å². The lowest BCUT2D eigenvalue weighted by Gasteiger charge is -2.32. The molecule has 1 aliphatic rings. The Bertz CT molecular complexity index is 403. The van der Waals surface area contributed by atoms with Crippen LogP contribution in [0.2, 0.25) is 0 Å². The second-order valence-corrected chi connectivity index (χ2v) is 6.07. The van der Waals surface area contributed by atoms with Crippen molar-refractivity contribution in [2.45, 2.75) is 12.8 Å². The summed E-state index contributed by atoms with van der Waals surface area (Å²) in [5, 5.41) is 3.21. The Morgan fingerprint density at radius 1 is 1.44 bits per heavy atom. The van der Waals surface area contributed by atoms with Crippen LogP contribution >= 0.6 is 22.6 Å². The molecule has 0 aromatic heterocycles. The lowest BCUT2D eigenvalue weighted by Crippen LogP contribution is -2.42. The monoisotopic (exact) mass is 358 g/mol. The molecule has 2 rings (SSSR count). The van der Waals surface area contributed by atoms with Gasteiger partial charge in [0.1, 0.15) is 0 Å². The van der Waals surface area contributed by atoms with E-state index in [1.54, 1.807) is 0 Å². The lowest BCUT2D eigenvalue weighted by atomic mass is 9.97. The minimum absolute atomic E-state index is 0.173. The summed E-state index contributed by atoms with van der Waals surface area (Å²) in [6, 6.07) is 7.82. The summed E-state index contributed by atoms with van der Waals surface area (Å²) in [6.45, 7) is 2.77. The quantitative estimate of drug-likeness (QED) is 0.842. The van der Waals surface area contributed by atoms with Gasteiger partial charge in [-0.25, -0.2) is 0 Å². The highest BCUT2D eigenvalue weighted by Crippen LogP contribution is 2.18. The summed E-state index contributed by atoms with van der Waals surface area (Å²) >= 11 is 2.26. The van der Waals surface area contributed by atoms with Gasteiger partial charge in [0.15, 0.2) is 0 Å². The van der Waals surface area contributed by atoms with Crippen molar-refractivity contribution < 1.29 is 4.79 Å². The molecular formula is C14H19IN2O. The molecule has 0 bridgehead atoms. The Balaban J connectivity index is 2.02. The first-order chi connectivity index (χ1) is 8.70. The van der Waals surface area contributed by atoms with E-state index in [-0.39, 0.29) is 5.91 Å². The number of carbonyl (C=O) groups excluding carboxylic acids is 1. The van der Waals surface area contributed by atoms with Crippen molar-refractivity contribution in [1.82, 2.24) is 10.2 Å². The highest BCUT2D eigenvalue weighted by Gasteiger charge is 2.23. The first-order valence-electron chi connectivity index (χ1n) is 6.40. The van der Waals surface area contributed by atoms with Gasteiger partial charge in [-0.2, -0.15) is 0 Å². The van der Waals surface area contributed by atoms with E-state index in [0.717, 1.165) is 35.2 Å². The van der Waals surface area contributed by atoms with Crippen molar-refractivity contribution in [1.29, 1.82) is 0 Å². The third-order valence-corrected chi connectivity index (χ3v) is 4.11. The fourth-order valence-electron chi connectivity index (χ4n) is 2.48. The number of benzene rings is 1. The molecule has 0 radical (unpaired) electrons. The van der Waals surface area contributed by atoms with Gasteiger partial charge in [0.25, 0.3) is 5.91 Å². The molecule has 18 heavy (non-hydrogen) atoms. The van der Waals surface area contributed by atoms with E-state index in [1.165, 1.54) is 6.42 Å². The van der Waals surface area contributed by atoms with Crippen LogP contribution < -0.4 is 5.32 Å². The van der Waals surface area contributed by atoms with Gasteiger partial charge in [0.2, 0.25) is 0 Å². The molecule has 1 atom stereocenters. The van der Waals surface area contributed by atoms with Gasteiger partial charge in [-0.3, -0.25) is 4.79 Å². The number of halogens is 1.